The highest BCUT2D eigenvalue weighted by Crippen LogP contribution is 1.80. The van der Waals surface area contributed by atoms with E-state index in [4.69, 9.17) is 0 Å². The molecule has 0 aliphatic heterocycles. The molecule has 0 spiro atoms. The van der Waals surface area contributed by atoms with E-state index in [0.717, 1.165) is 6.42 Å². The molecular weight excluding hydrogens is 102 g/mol. The molecule has 0 unspecified atom stereocenters. The third-order valence-electron chi connectivity index (χ3n) is 0.630. The molecule has 0 rings (SSSR count). The summed E-state index contributed by atoms with van der Waals surface area (Å²) in [5, 5.41) is 2.53. The second-order valence-corrected chi connectivity index (χ2v) is 1.28. The van der Waals surface area contributed by atoms with Crippen molar-refractivity contribution in [2.75, 3.05) is 0 Å². The van der Waals surface area contributed by atoms with E-state index in [9.17, 15) is 4.91 Å². The smallest absolute Gasteiger partial charge is 0.0714 e. The van der Waals surface area contributed by atoms with Crippen LogP contribution in [0.4, 0.5) is 0 Å². The van der Waals surface area contributed by atoms with E-state index in [1.54, 1.807) is 12.2 Å². The van der Waals surface area contributed by atoms with Crippen molar-refractivity contribution in [3.8, 4) is 0 Å². The first kappa shape index (κ1) is 7.08. The zero-order valence-corrected chi connectivity index (χ0v) is 4.87. The summed E-state index contributed by atoms with van der Waals surface area (Å²) in [4.78, 5) is 9.40. The summed E-state index contributed by atoms with van der Waals surface area (Å²) in [6.07, 6.45) is 7.55. The Labute approximate surface area is 48.9 Å². The third kappa shape index (κ3) is 5.08. The van der Waals surface area contributed by atoms with Gasteiger partial charge in [-0.25, -0.2) is 0 Å². The molecule has 0 N–H and O–H groups in total. The van der Waals surface area contributed by atoms with Gasteiger partial charge in [0.1, 0.15) is 0 Å². The van der Waals surface area contributed by atoms with Gasteiger partial charge in [0.2, 0.25) is 0 Å². The summed E-state index contributed by atoms with van der Waals surface area (Å²) < 4.78 is 0. The summed E-state index contributed by atoms with van der Waals surface area (Å²) in [5.74, 6) is 0. The number of hydrogen-bond donors (Lipinski definition) is 0. The zero-order valence-electron chi connectivity index (χ0n) is 4.87. The van der Waals surface area contributed by atoms with Crippen molar-refractivity contribution in [2.24, 2.45) is 5.18 Å². The van der Waals surface area contributed by atoms with Crippen molar-refractivity contribution < 1.29 is 0 Å². The highest BCUT2D eigenvalue weighted by atomic mass is 16.2. The Morgan fingerprint density at radius 2 is 2.25 bits per heavy atom. The molecule has 0 fully saturated rings. The second-order valence-electron chi connectivity index (χ2n) is 1.28. The maximum absolute atomic E-state index is 9.40. The van der Waals surface area contributed by atoms with Crippen molar-refractivity contribution in [1.82, 2.24) is 0 Å². The van der Waals surface area contributed by atoms with Gasteiger partial charge in [0.25, 0.3) is 0 Å². The van der Waals surface area contributed by atoms with Gasteiger partial charge in [0, 0.05) is 0 Å². The van der Waals surface area contributed by atoms with Crippen LogP contribution in [-0.4, -0.2) is 0 Å². The highest BCUT2D eigenvalue weighted by Gasteiger charge is 1.61. The largest absolute Gasteiger partial charge is 0.145 e. The maximum atomic E-state index is 9.40. The van der Waals surface area contributed by atoms with Crippen LogP contribution in [0.2, 0.25) is 0 Å². The Kier molecular flexibility index (Phi) is 5.38. The molecule has 0 aromatic rings. The predicted molar refractivity (Wildman–Crippen MR) is 34.4 cm³/mol. The summed E-state index contributed by atoms with van der Waals surface area (Å²) >= 11 is 0. The van der Waals surface area contributed by atoms with Gasteiger partial charge >= 0.3 is 0 Å². The Morgan fingerprint density at radius 1 is 1.50 bits per heavy atom. The van der Waals surface area contributed by atoms with Gasteiger partial charge in [-0.2, -0.15) is 0 Å². The molecule has 0 atom stereocenters. The van der Waals surface area contributed by atoms with Crippen LogP contribution in [0.5, 0.6) is 0 Å². The minimum atomic E-state index is 0.989. The lowest BCUT2D eigenvalue weighted by Gasteiger charge is -1.69. The Balaban J connectivity index is 3.26. The number of nitrogens with zero attached hydrogens (tertiary/aromatic N) is 1. The van der Waals surface area contributed by atoms with Gasteiger partial charge < -0.3 is 0 Å². The predicted octanol–water partition coefficient (Wildman–Crippen LogP) is 2.23. The molecule has 0 aliphatic rings. The molecule has 0 amide bonds. The van der Waals surface area contributed by atoms with Gasteiger partial charge in [-0.05, 0) is 17.7 Å². The average Bonchev–Trinajstić information content (AvgIpc) is 1.81. The minimum absolute atomic E-state index is 0.989. The minimum Gasteiger partial charge on any atom is -0.145 e. The molecule has 0 radical (unpaired) electrons. The molecule has 8 heavy (non-hydrogen) atoms. The molecule has 0 saturated carbocycles. The van der Waals surface area contributed by atoms with Crippen molar-refractivity contribution in [3.63, 3.8) is 0 Å². The normalized spacial score (nSPS) is 11.1. The van der Waals surface area contributed by atoms with E-state index < -0.39 is 0 Å². The summed E-state index contributed by atoms with van der Waals surface area (Å²) in [6, 6.07) is 0. The molecule has 44 valence electrons. The molecule has 0 aromatic heterocycles. The highest BCUT2D eigenvalue weighted by molar-refractivity contribution is 5.00. The van der Waals surface area contributed by atoms with Crippen LogP contribution >= 0.6 is 0 Å². The summed E-state index contributed by atoms with van der Waals surface area (Å²) in [5.41, 5.74) is 0. The van der Waals surface area contributed by atoms with Gasteiger partial charge in [0.15, 0.2) is 0 Å². The van der Waals surface area contributed by atoms with Crippen LogP contribution in [0.3, 0.4) is 0 Å². The number of rotatable bonds is 3. The Morgan fingerprint density at radius 3 is 2.75 bits per heavy atom. The van der Waals surface area contributed by atoms with E-state index in [1.807, 2.05) is 13.0 Å². The van der Waals surface area contributed by atoms with Crippen molar-refractivity contribution in [3.05, 3.63) is 29.3 Å². The molecule has 0 saturated heterocycles. The molecule has 0 heterocycles. The number of nitroso groups, excluding NO2 is 1. The fraction of sp³-hybridized carbons (Fsp3) is 0.333. The maximum Gasteiger partial charge on any atom is 0.0714 e. The van der Waals surface area contributed by atoms with Crippen LogP contribution in [0, 0.1) is 4.91 Å². The quantitative estimate of drug-likeness (QED) is 0.405. The molecule has 0 bridgehead atoms. The first-order valence-electron chi connectivity index (χ1n) is 2.56. The van der Waals surface area contributed by atoms with Crippen LogP contribution < -0.4 is 0 Å². The van der Waals surface area contributed by atoms with Gasteiger partial charge in [-0.1, -0.05) is 19.1 Å². The third-order valence-corrected chi connectivity index (χ3v) is 0.630. The first-order valence-corrected chi connectivity index (χ1v) is 2.56. The number of hydrogen-bond acceptors (Lipinski definition) is 2. The lowest BCUT2D eigenvalue weighted by Crippen LogP contribution is -1.49. The van der Waals surface area contributed by atoms with E-state index in [0.29, 0.717) is 0 Å². The van der Waals surface area contributed by atoms with Crippen molar-refractivity contribution in [2.45, 2.75) is 13.3 Å². The van der Waals surface area contributed by atoms with Crippen LogP contribution in [0.15, 0.2) is 29.6 Å². The molecule has 0 aromatic carbocycles. The Hall–Kier alpha value is -0.920. The molecular formula is C6H9NO. The van der Waals surface area contributed by atoms with E-state index in [2.05, 4.69) is 5.18 Å². The van der Waals surface area contributed by atoms with Gasteiger partial charge in [-0.3, -0.25) is 0 Å². The summed E-state index contributed by atoms with van der Waals surface area (Å²) in [7, 11) is 0. The van der Waals surface area contributed by atoms with Crippen molar-refractivity contribution in [1.29, 1.82) is 0 Å². The lowest BCUT2D eigenvalue weighted by molar-refractivity contribution is 1.22. The van der Waals surface area contributed by atoms with E-state index in [1.165, 1.54) is 6.20 Å². The SMILES string of the molecule is CC/C=C\C=C\N=O. The van der Waals surface area contributed by atoms with Crippen LogP contribution in [0.1, 0.15) is 13.3 Å². The fourth-order valence-corrected chi connectivity index (χ4v) is 0.299. The monoisotopic (exact) mass is 111 g/mol. The van der Waals surface area contributed by atoms with Crippen LogP contribution in [-0.2, 0) is 0 Å². The number of allylic oxidation sites excluding steroid dienone is 3. The molecule has 0 aliphatic carbocycles. The lowest BCUT2D eigenvalue weighted by atomic mass is 10.4. The fourth-order valence-electron chi connectivity index (χ4n) is 0.299. The Bertz CT molecular complexity index is 105. The standard InChI is InChI=1S/C6H9NO/c1-2-3-4-5-6-7-8/h3-6H,2H2,1H3/b4-3-,6-5+. The molecule has 2 nitrogen and oxygen atoms in total. The zero-order chi connectivity index (χ0) is 6.24. The van der Waals surface area contributed by atoms with Gasteiger partial charge in [0.05, 0.1) is 6.20 Å². The summed E-state index contributed by atoms with van der Waals surface area (Å²) in [6.45, 7) is 2.03. The average molecular weight is 111 g/mol. The first-order chi connectivity index (χ1) is 3.91. The van der Waals surface area contributed by atoms with Crippen molar-refractivity contribution >= 4 is 0 Å². The van der Waals surface area contributed by atoms with E-state index in [-0.39, 0.29) is 0 Å². The second kappa shape index (κ2) is 6.08. The van der Waals surface area contributed by atoms with E-state index >= 15 is 0 Å². The topological polar surface area (TPSA) is 29.4 Å². The van der Waals surface area contributed by atoms with Crippen LogP contribution in [0.25, 0.3) is 0 Å². The van der Waals surface area contributed by atoms with Gasteiger partial charge in [-0.15, -0.1) is 4.91 Å². The molecule has 2 heteroatoms.